The maximum atomic E-state index is 5.80. The fraction of sp³-hybridized carbons (Fsp3) is 0.583. The number of likely N-dealkylation sites (N-methyl/N-ethyl adjacent to an activating group) is 1. The lowest BCUT2D eigenvalue weighted by Gasteiger charge is -2.27. The van der Waals surface area contributed by atoms with Gasteiger partial charge in [0.05, 0.1) is 18.4 Å². The lowest BCUT2D eigenvalue weighted by atomic mass is 10.0. The van der Waals surface area contributed by atoms with Crippen LogP contribution in [0.1, 0.15) is 20.8 Å². The fourth-order valence-corrected chi connectivity index (χ4v) is 1.82. The van der Waals surface area contributed by atoms with E-state index in [4.69, 9.17) is 4.74 Å². The molecule has 1 heterocycles. The van der Waals surface area contributed by atoms with E-state index in [-0.39, 0.29) is 11.6 Å². The Labute approximate surface area is 91.1 Å². The van der Waals surface area contributed by atoms with Gasteiger partial charge < -0.3 is 9.64 Å². The Morgan fingerprint density at radius 3 is 2.80 bits per heavy atom. The van der Waals surface area contributed by atoms with Crippen LogP contribution < -0.4 is 0 Å². The molecule has 1 aliphatic heterocycles. The number of nitrogens with zero attached hydrogens (tertiary/aromatic N) is 2. The Bertz CT molecular complexity index is 336. The van der Waals surface area contributed by atoms with Crippen molar-refractivity contribution >= 4 is 6.34 Å². The normalized spacial score (nSPS) is 29.1. The summed E-state index contributed by atoms with van der Waals surface area (Å²) in [6.45, 7) is 6.16. The second-order valence-corrected chi connectivity index (χ2v) is 5.05. The molecule has 0 saturated carbocycles. The molecule has 2 rings (SSSR count). The second-order valence-electron chi connectivity index (χ2n) is 5.05. The van der Waals surface area contributed by atoms with Gasteiger partial charge in [0.15, 0.2) is 0 Å². The lowest BCUT2D eigenvalue weighted by molar-refractivity contribution is 0.0582. The van der Waals surface area contributed by atoms with Crippen molar-refractivity contribution in [1.82, 2.24) is 4.90 Å². The summed E-state index contributed by atoms with van der Waals surface area (Å²) in [7, 11) is 2.04. The van der Waals surface area contributed by atoms with Gasteiger partial charge in [-0.1, -0.05) is 6.08 Å². The van der Waals surface area contributed by atoms with Crippen molar-refractivity contribution in [3.63, 3.8) is 0 Å². The van der Waals surface area contributed by atoms with Crippen LogP contribution in [0, 0.1) is 0 Å². The van der Waals surface area contributed by atoms with E-state index >= 15 is 0 Å². The van der Waals surface area contributed by atoms with Gasteiger partial charge in [-0.2, -0.15) is 0 Å². The van der Waals surface area contributed by atoms with Crippen molar-refractivity contribution in [1.29, 1.82) is 0 Å². The fourth-order valence-electron chi connectivity index (χ4n) is 1.82. The first kappa shape index (κ1) is 10.3. The molecule has 0 fully saturated rings. The SMILES string of the molecule is CN1C=NC2C=C(OC(C)(C)C)C=CC21. The Morgan fingerprint density at radius 2 is 2.13 bits per heavy atom. The smallest absolute Gasteiger partial charge is 0.118 e. The average molecular weight is 206 g/mol. The number of ether oxygens (including phenoxy) is 1. The summed E-state index contributed by atoms with van der Waals surface area (Å²) < 4.78 is 5.80. The third-order valence-corrected chi connectivity index (χ3v) is 2.46. The molecule has 3 heteroatoms. The third kappa shape index (κ3) is 2.22. The Kier molecular flexibility index (Phi) is 2.33. The van der Waals surface area contributed by atoms with Crippen molar-refractivity contribution in [3.05, 3.63) is 24.0 Å². The highest BCUT2D eigenvalue weighted by molar-refractivity contribution is 5.61. The molecular formula is C12H18N2O. The van der Waals surface area contributed by atoms with Crippen LogP contribution in [0.3, 0.4) is 0 Å². The summed E-state index contributed by atoms with van der Waals surface area (Å²) in [6, 6.07) is 0.592. The first-order chi connectivity index (χ1) is 6.96. The molecule has 2 unspecified atom stereocenters. The molecule has 3 nitrogen and oxygen atoms in total. The van der Waals surface area contributed by atoms with Gasteiger partial charge in [0.2, 0.25) is 0 Å². The molecule has 0 N–H and O–H groups in total. The summed E-state index contributed by atoms with van der Waals surface area (Å²) in [4.78, 5) is 6.53. The summed E-state index contributed by atoms with van der Waals surface area (Å²) >= 11 is 0. The quantitative estimate of drug-likeness (QED) is 0.655. The largest absolute Gasteiger partial charge is 0.488 e. The molecule has 0 radical (unpaired) electrons. The van der Waals surface area contributed by atoms with Crippen LogP contribution in [0.4, 0.5) is 0 Å². The van der Waals surface area contributed by atoms with Gasteiger partial charge in [0.1, 0.15) is 11.4 Å². The van der Waals surface area contributed by atoms with E-state index in [1.165, 1.54) is 0 Å². The molecule has 0 spiro atoms. The zero-order valence-corrected chi connectivity index (χ0v) is 9.77. The minimum absolute atomic E-state index is 0.142. The zero-order chi connectivity index (χ0) is 11.1. The number of rotatable bonds is 1. The average Bonchev–Trinajstić information content (AvgIpc) is 2.45. The van der Waals surface area contributed by atoms with E-state index in [1.807, 2.05) is 19.5 Å². The lowest BCUT2D eigenvalue weighted by Crippen LogP contribution is -2.33. The second kappa shape index (κ2) is 3.40. The van der Waals surface area contributed by atoms with Crippen molar-refractivity contribution < 1.29 is 4.74 Å². The van der Waals surface area contributed by atoms with Crippen LogP contribution in [-0.2, 0) is 4.74 Å². The van der Waals surface area contributed by atoms with Crippen molar-refractivity contribution in [2.24, 2.45) is 4.99 Å². The maximum Gasteiger partial charge on any atom is 0.118 e. The molecule has 0 aromatic rings. The third-order valence-electron chi connectivity index (χ3n) is 2.46. The van der Waals surface area contributed by atoms with E-state index in [2.05, 4.69) is 42.8 Å². The number of allylic oxidation sites excluding steroid dienone is 1. The van der Waals surface area contributed by atoms with Gasteiger partial charge in [-0.05, 0) is 32.9 Å². The van der Waals surface area contributed by atoms with E-state index in [0.29, 0.717) is 6.04 Å². The molecule has 0 aromatic carbocycles. The van der Waals surface area contributed by atoms with E-state index in [9.17, 15) is 0 Å². The predicted octanol–water partition coefficient (Wildman–Crippen LogP) is 1.97. The van der Waals surface area contributed by atoms with Gasteiger partial charge in [-0.15, -0.1) is 0 Å². The summed E-state index contributed by atoms with van der Waals surface area (Å²) in [5.74, 6) is 0.927. The topological polar surface area (TPSA) is 24.8 Å². The van der Waals surface area contributed by atoms with E-state index in [0.717, 1.165) is 5.76 Å². The van der Waals surface area contributed by atoms with Gasteiger partial charge >= 0.3 is 0 Å². The number of aliphatic imine (C=N–C) groups is 1. The van der Waals surface area contributed by atoms with Crippen molar-refractivity contribution in [3.8, 4) is 0 Å². The van der Waals surface area contributed by atoms with Gasteiger partial charge in [0.25, 0.3) is 0 Å². The molecule has 2 aliphatic rings. The Morgan fingerprint density at radius 1 is 1.40 bits per heavy atom. The van der Waals surface area contributed by atoms with Crippen molar-refractivity contribution in [2.45, 2.75) is 38.5 Å². The van der Waals surface area contributed by atoms with Crippen LogP contribution >= 0.6 is 0 Å². The molecule has 2 atom stereocenters. The molecule has 0 amide bonds. The Balaban J connectivity index is 2.09. The minimum atomic E-state index is -0.142. The van der Waals surface area contributed by atoms with E-state index in [1.54, 1.807) is 0 Å². The van der Waals surface area contributed by atoms with Crippen molar-refractivity contribution in [2.75, 3.05) is 7.05 Å². The standard InChI is InChI=1S/C12H18N2O/c1-12(2,3)15-9-5-6-11-10(7-9)13-8-14(11)4/h5-8,10-11H,1-4H3. The first-order valence-corrected chi connectivity index (χ1v) is 5.30. The highest BCUT2D eigenvalue weighted by atomic mass is 16.5. The Hall–Kier alpha value is -1.25. The highest BCUT2D eigenvalue weighted by Gasteiger charge is 2.28. The molecule has 1 aliphatic carbocycles. The highest BCUT2D eigenvalue weighted by Crippen LogP contribution is 2.24. The van der Waals surface area contributed by atoms with Crippen LogP contribution in [0.15, 0.2) is 29.0 Å². The molecule has 0 aromatic heterocycles. The van der Waals surface area contributed by atoms with Gasteiger partial charge in [-0.3, -0.25) is 4.99 Å². The predicted molar refractivity (Wildman–Crippen MR) is 61.9 cm³/mol. The summed E-state index contributed by atoms with van der Waals surface area (Å²) in [5, 5.41) is 0. The van der Waals surface area contributed by atoms with Gasteiger partial charge in [-0.25, -0.2) is 0 Å². The van der Waals surface area contributed by atoms with Crippen LogP contribution in [-0.4, -0.2) is 36.0 Å². The monoisotopic (exact) mass is 206 g/mol. The van der Waals surface area contributed by atoms with Crippen LogP contribution in [0.25, 0.3) is 0 Å². The van der Waals surface area contributed by atoms with E-state index < -0.39 is 0 Å². The van der Waals surface area contributed by atoms with Crippen LogP contribution in [0.5, 0.6) is 0 Å². The number of hydrogen-bond donors (Lipinski definition) is 0. The first-order valence-electron chi connectivity index (χ1n) is 5.30. The maximum absolute atomic E-state index is 5.80. The molecule has 0 bridgehead atoms. The molecule has 15 heavy (non-hydrogen) atoms. The minimum Gasteiger partial charge on any atom is -0.488 e. The zero-order valence-electron chi connectivity index (χ0n) is 9.77. The van der Waals surface area contributed by atoms with Crippen LogP contribution in [0.2, 0.25) is 0 Å². The molecule has 82 valence electrons. The summed E-state index contributed by atoms with van der Waals surface area (Å²) in [6.07, 6.45) is 8.17. The molecular weight excluding hydrogens is 188 g/mol. The van der Waals surface area contributed by atoms with Gasteiger partial charge in [0, 0.05) is 7.05 Å². The molecule has 0 saturated heterocycles. The summed E-state index contributed by atoms with van der Waals surface area (Å²) in [5.41, 5.74) is -0.142. The number of hydrogen-bond acceptors (Lipinski definition) is 3. The number of fused-ring (bicyclic) bond motifs is 1.